The number of anilines is 1. The fourth-order valence-corrected chi connectivity index (χ4v) is 2.11. The molecule has 0 saturated carbocycles. The molecule has 9 heteroatoms. The van der Waals surface area contributed by atoms with Crippen LogP contribution in [-0.2, 0) is 18.3 Å². The van der Waals surface area contributed by atoms with Crippen LogP contribution >= 0.6 is 0 Å². The number of nitrogens with zero attached hydrogens (tertiary/aromatic N) is 2. The summed E-state index contributed by atoms with van der Waals surface area (Å²) in [4.78, 5) is 11.9. The number of aromatic nitrogens is 2. The van der Waals surface area contributed by atoms with Gasteiger partial charge in [-0.15, -0.1) is 0 Å². The second-order valence-corrected chi connectivity index (χ2v) is 5.34. The lowest BCUT2D eigenvalue weighted by Gasteiger charge is -2.13. The van der Waals surface area contributed by atoms with E-state index in [0.717, 1.165) is 5.56 Å². The first-order chi connectivity index (χ1) is 11.8. The number of alkyl halides is 3. The number of benzene rings is 1. The van der Waals surface area contributed by atoms with Gasteiger partial charge in [0.05, 0.1) is 19.0 Å². The standard InChI is InChI=1S/C16H18F3N3O3/c1-22-9-12(8-20-22)21-15(23)6-4-11-3-5-13(14(7-11)24-2)25-10-16(17,18)19/h3,5,7-9H,4,6,10H2,1-2H3,(H,21,23). The number of rotatable bonds is 7. The summed E-state index contributed by atoms with van der Waals surface area (Å²) in [5.74, 6) is 0.00201. The molecule has 0 atom stereocenters. The summed E-state index contributed by atoms with van der Waals surface area (Å²) < 4.78 is 48.0. The number of carbonyl (C=O) groups excluding carboxylic acids is 1. The molecule has 1 amide bonds. The van der Waals surface area contributed by atoms with Crippen molar-refractivity contribution in [1.29, 1.82) is 0 Å². The van der Waals surface area contributed by atoms with Crippen LogP contribution in [0.1, 0.15) is 12.0 Å². The third kappa shape index (κ3) is 6.02. The molecule has 0 unspecified atom stereocenters. The lowest BCUT2D eigenvalue weighted by atomic mass is 10.1. The molecule has 136 valence electrons. The molecule has 0 radical (unpaired) electrons. The van der Waals surface area contributed by atoms with Crippen LogP contribution in [0.3, 0.4) is 0 Å². The maximum absolute atomic E-state index is 12.2. The van der Waals surface area contributed by atoms with Crippen LogP contribution in [0.5, 0.6) is 11.5 Å². The quantitative estimate of drug-likeness (QED) is 0.827. The van der Waals surface area contributed by atoms with Crippen LogP contribution in [-0.4, -0.2) is 35.6 Å². The van der Waals surface area contributed by atoms with Crippen molar-refractivity contribution in [2.24, 2.45) is 7.05 Å². The number of hydrogen-bond donors (Lipinski definition) is 1. The number of amides is 1. The summed E-state index contributed by atoms with van der Waals surface area (Å²) in [5, 5.41) is 6.65. The number of ether oxygens (including phenoxy) is 2. The van der Waals surface area contributed by atoms with Crippen molar-refractivity contribution in [1.82, 2.24) is 9.78 Å². The van der Waals surface area contributed by atoms with Gasteiger partial charge in [-0.1, -0.05) is 6.07 Å². The Balaban J connectivity index is 1.92. The summed E-state index contributed by atoms with van der Waals surface area (Å²) >= 11 is 0. The zero-order chi connectivity index (χ0) is 18.4. The van der Waals surface area contributed by atoms with E-state index in [1.165, 1.54) is 19.4 Å². The van der Waals surface area contributed by atoms with Gasteiger partial charge in [-0.05, 0) is 24.1 Å². The van der Waals surface area contributed by atoms with E-state index >= 15 is 0 Å². The zero-order valence-electron chi connectivity index (χ0n) is 13.8. The van der Waals surface area contributed by atoms with Crippen LogP contribution < -0.4 is 14.8 Å². The molecule has 0 aliphatic heterocycles. The molecule has 25 heavy (non-hydrogen) atoms. The van der Waals surface area contributed by atoms with Crippen molar-refractivity contribution in [3.63, 3.8) is 0 Å². The first-order valence-electron chi connectivity index (χ1n) is 7.42. The molecule has 2 aromatic rings. The molecule has 0 saturated heterocycles. The van der Waals surface area contributed by atoms with Crippen LogP contribution in [0.4, 0.5) is 18.9 Å². The average Bonchev–Trinajstić information content (AvgIpc) is 2.95. The smallest absolute Gasteiger partial charge is 0.422 e. The predicted molar refractivity (Wildman–Crippen MR) is 84.7 cm³/mol. The molecule has 2 rings (SSSR count). The monoisotopic (exact) mass is 357 g/mol. The van der Waals surface area contributed by atoms with Crippen LogP contribution in [0.15, 0.2) is 30.6 Å². The summed E-state index contributed by atoms with van der Waals surface area (Å²) in [7, 11) is 3.08. The average molecular weight is 357 g/mol. The molecule has 0 bridgehead atoms. The lowest BCUT2D eigenvalue weighted by molar-refractivity contribution is -0.153. The van der Waals surface area contributed by atoms with E-state index in [1.54, 1.807) is 30.1 Å². The van der Waals surface area contributed by atoms with Crippen LogP contribution in [0, 0.1) is 0 Å². The van der Waals surface area contributed by atoms with Gasteiger partial charge in [0.25, 0.3) is 0 Å². The van der Waals surface area contributed by atoms with Gasteiger partial charge in [0, 0.05) is 19.7 Å². The Morgan fingerprint density at radius 3 is 2.68 bits per heavy atom. The fraction of sp³-hybridized carbons (Fsp3) is 0.375. The maximum Gasteiger partial charge on any atom is 0.422 e. The molecule has 1 N–H and O–H groups in total. The minimum absolute atomic E-state index is 0.00314. The molecule has 1 aromatic heterocycles. The Kier molecular flexibility index (Phi) is 5.89. The van der Waals surface area contributed by atoms with E-state index in [-0.39, 0.29) is 23.8 Å². The van der Waals surface area contributed by atoms with E-state index in [0.29, 0.717) is 12.1 Å². The van der Waals surface area contributed by atoms with Gasteiger partial charge < -0.3 is 14.8 Å². The molecule has 0 aliphatic carbocycles. The minimum atomic E-state index is -4.42. The molecule has 6 nitrogen and oxygen atoms in total. The van der Waals surface area contributed by atoms with Gasteiger partial charge in [-0.2, -0.15) is 18.3 Å². The van der Waals surface area contributed by atoms with Crippen molar-refractivity contribution in [2.45, 2.75) is 19.0 Å². The second kappa shape index (κ2) is 7.91. The van der Waals surface area contributed by atoms with E-state index in [2.05, 4.69) is 10.4 Å². The molecular weight excluding hydrogens is 339 g/mol. The molecule has 0 aliphatic rings. The SMILES string of the molecule is COc1cc(CCC(=O)Nc2cnn(C)c2)ccc1OCC(F)(F)F. The number of methoxy groups -OCH3 is 1. The van der Waals surface area contributed by atoms with E-state index in [9.17, 15) is 18.0 Å². The second-order valence-electron chi connectivity index (χ2n) is 5.34. The van der Waals surface area contributed by atoms with Gasteiger partial charge in [-0.3, -0.25) is 9.48 Å². The fourth-order valence-electron chi connectivity index (χ4n) is 2.11. The summed E-state index contributed by atoms with van der Waals surface area (Å²) in [5.41, 5.74) is 1.35. The predicted octanol–water partition coefficient (Wildman–Crippen LogP) is 2.94. The topological polar surface area (TPSA) is 65.4 Å². The Labute approximate surface area is 142 Å². The molecule has 1 heterocycles. The summed E-state index contributed by atoms with van der Waals surface area (Å²) in [6, 6.07) is 4.56. The number of nitrogens with one attached hydrogen (secondary N) is 1. The highest BCUT2D eigenvalue weighted by Crippen LogP contribution is 2.30. The maximum atomic E-state index is 12.2. The van der Waals surface area contributed by atoms with Gasteiger partial charge >= 0.3 is 6.18 Å². The third-order valence-corrected chi connectivity index (χ3v) is 3.25. The highest BCUT2D eigenvalue weighted by molar-refractivity contribution is 5.90. The van der Waals surface area contributed by atoms with Crippen LogP contribution in [0.25, 0.3) is 0 Å². The van der Waals surface area contributed by atoms with Crippen molar-refractivity contribution in [3.8, 4) is 11.5 Å². The highest BCUT2D eigenvalue weighted by atomic mass is 19.4. The third-order valence-electron chi connectivity index (χ3n) is 3.25. The van der Waals surface area contributed by atoms with E-state index in [1.807, 2.05) is 0 Å². The lowest BCUT2D eigenvalue weighted by Crippen LogP contribution is -2.19. The number of aryl methyl sites for hydroxylation is 2. The first-order valence-corrected chi connectivity index (χ1v) is 7.42. The van der Waals surface area contributed by atoms with Crippen molar-refractivity contribution >= 4 is 11.6 Å². The highest BCUT2D eigenvalue weighted by Gasteiger charge is 2.29. The minimum Gasteiger partial charge on any atom is -0.493 e. The van der Waals surface area contributed by atoms with Crippen LogP contribution in [0.2, 0.25) is 0 Å². The molecule has 0 fully saturated rings. The number of halogens is 3. The van der Waals surface area contributed by atoms with Crippen molar-refractivity contribution in [3.05, 3.63) is 36.2 Å². The molecule has 1 aromatic carbocycles. The van der Waals surface area contributed by atoms with Gasteiger partial charge in [-0.25, -0.2) is 0 Å². The summed E-state index contributed by atoms with van der Waals surface area (Å²) in [6.45, 7) is -1.39. The molecular formula is C16H18F3N3O3. The number of carbonyl (C=O) groups is 1. The largest absolute Gasteiger partial charge is 0.493 e. The van der Waals surface area contributed by atoms with Crippen molar-refractivity contribution in [2.75, 3.05) is 19.0 Å². The summed E-state index contributed by atoms with van der Waals surface area (Å²) in [6.07, 6.45) is -0.599. The van der Waals surface area contributed by atoms with E-state index in [4.69, 9.17) is 9.47 Å². The number of hydrogen-bond acceptors (Lipinski definition) is 4. The molecule has 0 spiro atoms. The first kappa shape index (κ1) is 18.6. The Morgan fingerprint density at radius 1 is 1.32 bits per heavy atom. The Bertz CT molecular complexity index is 729. The van der Waals surface area contributed by atoms with Crippen molar-refractivity contribution < 1.29 is 27.4 Å². The van der Waals surface area contributed by atoms with E-state index < -0.39 is 12.8 Å². The van der Waals surface area contributed by atoms with Gasteiger partial charge in [0.2, 0.25) is 5.91 Å². The van der Waals surface area contributed by atoms with Gasteiger partial charge in [0.1, 0.15) is 0 Å². The van der Waals surface area contributed by atoms with Gasteiger partial charge in [0.15, 0.2) is 18.1 Å². The zero-order valence-corrected chi connectivity index (χ0v) is 13.8. The normalized spacial score (nSPS) is 11.2. The Hall–Kier alpha value is -2.71. The Morgan fingerprint density at radius 2 is 2.08 bits per heavy atom.